The van der Waals surface area contributed by atoms with Gasteiger partial charge in [0.2, 0.25) is 17.7 Å². The van der Waals surface area contributed by atoms with Crippen LogP contribution in [0.15, 0.2) is 65.8 Å². The molecular weight excluding hydrogens is 590 g/mol. The van der Waals surface area contributed by atoms with Crippen LogP contribution < -0.4 is 38.9 Å². The number of aliphatic carboxylic acids is 1. The molecule has 46 heavy (non-hydrogen) atoms. The quantitative estimate of drug-likeness (QED) is 0.0487. The minimum atomic E-state index is -1.19. The van der Waals surface area contributed by atoms with Crippen molar-refractivity contribution in [2.45, 2.75) is 69.1 Å². The first-order valence-electron chi connectivity index (χ1n) is 15.3. The highest BCUT2D eigenvalue weighted by atomic mass is 16.4. The Morgan fingerprint density at radius 3 is 2.09 bits per heavy atom. The lowest BCUT2D eigenvalue weighted by Crippen LogP contribution is -2.58. The van der Waals surface area contributed by atoms with Crippen molar-refractivity contribution in [1.82, 2.24) is 20.9 Å². The summed E-state index contributed by atoms with van der Waals surface area (Å²) in [6.07, 6.45) is 3.94. The number of carbonyl (C=O) groups excluding carboxylic acids is 3. The fraction of sp³-hybridized carbons (Fsp3) is 0.406. The number of carbonyl (C=O) groups is 4. The monoisotopic (exact) mass is 635 g/mol. The summed E-state index contributed by atoms with van der Waals surface area (Å²) < 4.78 is 0. The van der Waals surface area contributed by atoms with Gasteiger partial charge in [-0.15, -0.1) is 0 Å². The Labute approximate surface area is 267 Å². The number of aromatic amines is 1. The highest BCUT2D eigenvalue weighted by molar-refractivity contribution is 5.95. The lowest BCUT2D eigenvalue weighted by molar-refractivity contribution is -0.142. The smallest absolute Gasteiger partial charge is 0.326 e. The molecule has 0 fully saturated rings. The highest BCUT2D eigenvalue weighted by Crippen LogP contribution is 2.19. The molecule has 1 heterocycles. The summed E-state index contributed by atoms with van der Waals surface area (Å²) >= 11 is 0. The molecule has 0 bridgehead atoms. The van der Waals surface area contributed by atoms with E-state index in [0.717, 1.165) is 22.0 Å². The van der Waals surface area contributed by atoms with Crippen molar-refractivity contribution in [3.63, 3.8) is 0 Å². The molecule has 0 aliphatic rings. The van der Waals surface area contributed by atoms with Gasteiger partial charge in [0.1, 0.15) is 18.1 Å². The third kappa shape index (κ3) is 11.2. The summed E-state index contributed by atoms with van der Waals surface area (Å²) in [4.78, 5) is 59.6. The molecule has 0 aliphatic heterocycles. The molecule has 4 unspecified atom stereocenters. The molecule has 14 nitrogen and oxygen atoms in total. The number of guanidine groups is 1. The first kappa shape index (κ1) is 35.5. The molecule has 3 aromatic rings. The molecule has 0 saturated carbocycles. The molecule has 4 atom stereocenters. The van der Waals surface area contributed by atoms with Crippen LogP contribution in [0, 0.1) is 0 Å². The number of nitrogens with two attached hydrogens (primary N) is 4. The zero-order chi connectivity index (χ0) is 33.5. The molecule has 13 N–H and O–H groups in total. The first-order chi connectivity index (χ1) is 22.1. The fourth-order valence-electron chi connectivity index (χ4n) is 5.01. The molecule has 2 aromatic carbocycles. The normalized spacial score (nSPS) is 13.6. The SMILES string of the molecule is NCCCCC(NC(=O)C(Cc1c[nH]c2ccccc12)NC(=O)C(Cc1ccccc1)NC(=O)C(N)CCCN=C(N)N)C(=O)O. The fourth-order valence-corrected chi connectivity index (χ4v) is 5.01. The van der Waals surface area contributed by atoms with Gasteiger partial charge in [-0.3, -0.25) is 19.4 Å². The number of nitrogens with zero attached hydrogens (tertiary/aromatic N) is 1. The summed E-state index contributed by atoms with van der Waals surface area (Å²) in [5.41, 5.74) is 24.7. The van der Waals surface area contributed by atoms with Crippen LogP contribution in [0.2, 0.25) is 0 Å². The van der Waals surface area contributed by atoms with Gasteiger partial charge in [-0.25, -0.2) is 4.79 Å². The second kappa shape index (κ2) is 18.1. The maximum Gasteiger partial charge on any atom is 0.326 e. The Kier molecular flexibility index (Phi) is 14.0. The van der Waals surface area contributed by atoms with Gasteiger partial charge in [0.05, 0.1) is 6.04 Å². The standard InChI is InChI=1S/C32H45N9O5/c33-15-7-6-14-25(31(45)46)39-30(44)27(18-21-19-38-24-13-5-4-11-22(21)24)41-29(43)26(17-20-9-2-1-3-10-20)40-28(42)23(34)12-8-16-37-32(35)36/h1-5,9-11,13,19,23,25-27,38H,6-8,12,14-18,33-34H2,(H,39,44)(H,40,42)(H,41,43)(H,45,46)(H4,35,36,37). The van der Waals surface area contributed by atoms with Gasteiger partial charge < -0.3 is 49.0 Å². The molecule has 3 amide bonds. The van der Waals surface area contributed by atoms with E-state index in [0.29, 0.717) is 32.4 Å². The second-order valence-electron chi connectivity index (χ2n) is 11.1. The third-order valence-electron chi connectivity index (χ3n) is 7.51. The zero-order valence-electron chi connectivity index (χ0n) is 25.8. The second-order valence-corrected chi connectivity index (χ2v) is 11.1. The van der Waals surface area contributed by atoms with Gasteiger partial charge in [0.25, 0.3) is 0 Å². The number of para-hydroxylation sites is 1. The van der Waals surface area contributed by atoms with Gasteiger partial charge in [-0.1, -0.05) is 48.5 Å². The summed E-state index contributed by atoms with van der Waals surface area (Å²) in [7, 11) is 0. The number of hydrogen-bond donors (Lipinski definition) is 9. The number of aromatic nitrogens is 1. The number of H-pyrrole nitrogens is 1. The van der Waals surface area contributed by atoms with Crippen LogP contribution in [0.3, 0.4) is 0 Å². The number of carboxylic acids is 1. The maximum absolute atomic E-state index is 13.8. The number of hydrogen-bond acceptors (Lipinski definition) is 7. The number of aliphatic imine (C=N–C) groups is 1. The molecule has 14 heteroatoms. The summed E-state index contributed by atoms with van der Waals surface area (Å²) in [5.74, 6) is -3.09. The minimum absolute atomic E-state index is 0.0610. The van der Waals surface area contributed by atoms with E-state index < -0.39 is 47.9 Å². The molecule has 3 rings (SSSR count). The topological polar surface area (TPSA) is 257 Å². The Balaban J connectivity index is 1.84. The lowest BCUT2D eigenvalue weighted by Gasteiger charge is -2.25. The Hall–Kier alpha value is -4.95. The Bertz CT molecular complexity index is 1470. The van der Waals surface area contributed by atoms with Crippen molar-refractivity contribution >= 4 is 40.6 Å². The molecular formula is C32H45N9O5. The van der Waals surface area contributed by atoms with Crippen LogP contribution in [-0.2, 0) is 32.0 Å². The molecule has 0 saturated heterocycles. The van der Waals surface area contributed by atoms with Crippen molar-refractivity contribution in [3.05, 3.63) is 71.9 Å². The number of fused-ring (bicyclic) bond motifs is 1. The molecule has 248 valence electrons. The molecule has 0 spiro atoms. The lowest BCUT2D eigenvalue weighted by atomic mass is 10.0. The van der Waals surface area contributed by atoms with E-state index in [2.05, 4.69) is 25.9 Å². The largest absolute Gasteiger partial charge is 0.480 e. The number of carboxylic acid groups (broad SMARTS) is 1. The van der Waals surface area contributed by atoms with Crippen molar-refractivity contribution in [1.29, 1.82) is 0 Å². The van der Waals surface area contributed by atoms with Crippen LogP contribution in [0.4, 0.5) is 0 Å². The van der Waals surface area contributed by atoms with Crippen LogP contribution in [0.5, 0.6) is 0 Å². The summed E-state index contributed by atoms with van der Waals surface area (Å²) in [5, 5.41) is 18.7. The Morgan fingerprint density at radius 1 is 0.783 bits per heavy atom. The van der Waals surface area contributed by atoms with Gasteiger partial charge in [0, 0.05) is 36.5 Å². The maximum atomic E-state index is 13.8. The van der Waals surface area contributed by atoms with Crippen LogP contribution in [0.25, 0.3) is 10.9 Å². The number of benzene rings is 2. The van der Waals surface area contributed by atoms with E-state index >= 15 is 0 Å². The number of nitrogens with one attached hydrogen (secondary N) is 4. The van der Waals surface area contributed by atoms with E-state index in [4.69, 9.17) is 22.9 Å². The Morgan fingerprint density at radius 2 is 1.41 bits per heavy atom. The number of amides is 3. The average molecular weight is 636 g/mol. The molecule has 0 aliphatic carbocycles. The van der Waals surface area contributed by atoms with Crippen molar-refractivity contribution < 1.29 is 24.3 Å². The average Bonchev–Trinajstić information content (AvgIpc) is 3.44. The van der Waals surface area contributed by atoms with Gasteiger partial charge >= 0.3 is 5.97 Å². The molecule has 1 aromatic heterocycles. The van der Waals surface area contributed by atoms with Crippen LogP contribution in [0.1, 0.15) is 43.2 Å². The number of rotatable bonds is 19. The predicted octanol–water partition coefficient (Wildman–Crippen LogP) is 0.00200. The van der Waals surface area contributed by atoms with Gasteiger partial charge in [-0.05, 0) is 55.8 Å². The van der Waals surface area contributed by atoms with Crippen molar-refractivity contribution in [3.8, 4) is 0 Å². The molecule has 0 radical (unpaired) electrons. The van der Waals surface area contributed by atoms with Crippen LogP contribution in [-0.4, -0.2) is 77.0 Å². The highest BCUT2D eigenvalue weighted by Gasteiger charge is 2.31. The van der Waals surface area contributed by atoms with E-state index in [1.54, 1.807) is 6.20 Å². The zero-order valence-corrected chi connectivity index (χ0v) is 25.8. The summed E-state index contributed by atoms with van der Waals surface area (Å²) in [6.45, 7) is 0.694. The van der Waals surface area contributed by atoms with E-state index in [-0.39, 0.29) is 31.6 Å². The summed E-state index contributed by atoms with van der Waals surface area (Å²) in [6, 6.07) is 12.2. The van der Waals surface area contributed by atoms with Crippen molar-refractivity contribution in [2.24, 2.45) is 27.9 Å². The third-order valence-corrected chi connectivity index (χ3v) is 7.51. The first-order valence-corrected chi connectivity index (χ1v) is 15.3. The number of unbranched alkanes of at least 4 members (excludes halogenated alkanes) is 1. The van der Waals surface area contributed by atoms with Crippen molar-refractivity contribution in [2.75, 3.05) is 13.1 Å². The minimum Gasteiger partial charge on any atom is -0.480 e. The van der Waals surface area contributed by atoms with E-state index in [1.807, 2.05) is 54.6 Å². The predicted molar refractivity (Wildman–Crippen MR) is 176 cm³/mol. The van der Waals surface area contributed by atoms with Gasteiger partial charge in [0.15, 0.2) is 5.96 Å². The van der Waals surface area contributed by atoms with E-state index in [1.165, 1.54) is 0 Å². The van der Waals surface area contributed by atoms with Gasteiger partial charge in [-0.2, -0.15) is 0 Å². The van der Waals surface area contributed by atoms with E-state index in [9.17, 15) is 24.3 Å². The van der Waals surface area contributed by atoms with Crippen LogP contribution >= 0.6 is 0 Å².